The van der Waals surface area contributed by atoms with Gasteiger partial charge in [-0.25, -0.2) is 0 Å². The molecular formula is C27H29ClF3N9O3. The highest BCUT2D eigenvalue weighted by atomic mass is 35.5. The van der Waals surface area contributed by atoms with E-state index < -0.39 is 42.2 Å². The highest BCUT2D eigenvalue weighted by Crippen LogP contribution is 2.48. The summed E-state index contributed by atoms with van der Waals surface area (Å²) in [5.41, 5.74) is 11.7. The fraction of sp³-hybridized carbons (Fsp3) is 0.333. The minimum Gasteiger partial charge on any atom is -0.454 e. The zero-order chi connectivity index (χ0) is 31.0. The molecule has 0 saturated heterocycles. The zero-order valence-corrected chi connectivity index (χ0v) is 23.5. The van der Waals surface area contributed by atoms with E-state index in [9.17, 15) is 22.8 Å². The lowest BCUT2D eigenvalue weighted by Gasteiger charge is -2.19. The molecule has 3 aromatic rings. The first-order valence-electron chi connectivity index (χ1n) is 13.1. The SMILES string of the molecule is NC=NCCCC(NC(=O)c1ccc(Nc2nc(NC3(c4ccc(Cl)cc4)CC3)nc(OCC(F)(F)F)n2)cc1)C(N)=O. The number of hydrogen-bond acceptors (Lipinski definition) is 9. The Labute approximate surface area is 249 Å². The van der Waals surface area contributed by atoms with Crippen molar-refractivity contribution in [1.29, 1.82) is 0 Å². The molecule has 2 amide bonds. The highest BCUT2D eigenvalue weighted by molar-refractivity contribution is 6.30. The van der Waals surface area contributed by atoms with Crippen LogP contribution in [0.5, 0.6) is 6.01 Å². The van der Waals surface area contributed by atoms with Crippen molar-refractivity contribution in [1.82, 2.24) is 20.3 Å². The van der Waals surface area contributed by atoms with E-state index in [1.807, 2.05) is 12.1 Å². The maximum atomic E-state index is 12.8. The minimum absolute atomic E-state index is 0.00719. The van der Waals surface area contributed by atoms with E-state index in [4.69, 9.17) is 27.8 Å². The lowest BCUT2D eigenvalue weighted by molar-refractivity contribution is -0.154. The number of nitrogens with one attached hydrogen (secondary N) is 3. The second-order valence-electron chi connectivity index (χ2n) is 9.71. The molecule has 0 aliphatic heterocycles. The molecule has 1 aliphatic rings. The van der Waals surface area contributed by atoms with Crippen LogP contribution in [-0.4, -0.2) is 58.5 Å². The number of amides is 2. The maximum Gasteiger partial charge on any atom is 0.422 e. The molecule has 1 aromatic heterocycles. The van der Waals surface area contributed by atoms with Gasteiger partial charge in [0.15, 0.2) is 6.61 Å². The molecule has 2 aromatic carbocycles. The van der Waals surface area contributed by atoms with E-state index in [2.05, 4.69) is 35.9 Å². The number of nitrogens with zero attached hydrogens (tertiary/aromatic N) is 4. The number of carbonyl (C=O) groups excluding carboxylic acids is 2. The Bertz CT molecular complexity index is 1450. The Morgan fingerprint density at radius 2 is 1.74 bits per heavy atom. The molecule has 7 N–H and O–H groups in total. The van der Waals surface area contributed by atoms with Crippen LogP contribution < -0.4 is 32.2 Å². The Balaban J connectivity index is 1.48. The fourth-order valence-corrected chi connectivity index (χ4v) is 4.22. The molecule has 1 atom stereocenters. The molecule has 1 fully saturated rings. The number of alkyl halides is 3. The average Bonchev–Trinajstić information content (AvgIpc) is 3.74. The average molecular weight is 620 g/mol. The Hall–Kier alpha value is -4.66. The molecule has 4 rings (SSSR count). The van der Waals surface area contributed by atoms with Gasteiger partial charge in [0.25, 0.3) is 5.91 Å². The van der Waals surface area contributed by atoms with Gasteiger partial charge in [0.2, 0.25) is 17.8 Å². The highest BCUT2D eigenvalue weighted by Gasteiger charge is 2.45. The van der Waals surface area contributed by atoms with Crippen LogP contribution in [0.3, 0.4) is 0 Å². The van der Waals surface area contributed by atoms with Crippen molar-refractivity contribution < 1.29 is 27.5 Å². The number of primary amides is 1. The van der Waals surface area contributed by atoms with Crippen LogP contribution in [0.25, 0.3) is 0 Å². The number of hydrogen-bond donors (Lipinski definition) is 5. The third-order valence-electron chi connectivity index (χ3n) is 6.42. The minimum atomic E-state index is -4.60. The zero-order valence-electron chi connectivity index (χ0n) is 22.7. The van der Waals surface area contributed by atoms with Crippen LogP contribution in [0.1, 0.15) is 41.6 Å². The van der Waals surface area contributed by atoms with Crippen molar-refractivity contribution in [3.8, 4) is 6.01 Å². The molecular weight excluding hydrogens is 591 g/mol. The van der Waals surface area contributed by atoms with E-state index in [0.29, 0.717) is 23.7 Å². The van der Waals surface area contributed by atoms with Crippen LogP contribution in [0.4, 0.5) is 30.8 Å². The summed E-state index contributed by atoms with van der Waals surface area (Å²) in [4.78, 5) is 40.6. The molecule has 43 heavy (non-hydrogen) atoms. The van der Waals surface area contributed by atoms with Crippen molar-refractivity contribution in [3.63, 3.8) is 0 Å². The van der Waals surface area contributed by atoms with Gasteiger partial charge in [-0.3, -0.25) is 14.6 Å². The topological polar surface area (TPSA) is 183 Å². The van der Waals surface area contributed by atoms with Gasteiger partial charge in [-0.2, -0.15) is 28.1 Å². The predicted molar refractivity (Wildman–Crippen MR) is 154 cm³/mol. The summed E-state index contributed by atoms with van der Waals surface area (Å²) in [7, 11) is 0. The quantitative estimate of drug-likeness (QED) is 0.102. The summed E-state index contributed by atoms with van der Waals surface area (Å²) in [6, 6.07) is 11.8. The number of ether oxygens (including phenoxy) is 1. The summed E-state index contributed by atoms with van der Waals surface area (Å²) in [6.45, 7) is -1.20. The van der Waals surface area contributed by atoms with Gasteiger partial charge in [0.1, 0.15) is 6.04 Å². The number of anilines is 3. The van der Waals surface area contributed by atoms with Crippen molar-refractivity contribution in [2.45, 2.75) is 43.4 Å². The number of halogens is 4. The van der Waals surface area contributed by atoms with Crippen LogP contribution in [-0.2, 0) is 10.3 Å². The maximum absolute atomic E-state index is 12.8. The lowest BCUT2D eigenvalue weighted by atomic mass is 10.1. The molecule has 0 radical (unpaired) electrons. The molecule has 12 nitrogen and oxygen atoms in total. The van der Waals surface area contributed by atoms with E-state index in [1.165, 1.54) is 24.3 Å². The lowest BCUT2D eigenvalue weighted by Crippen LogP contribution is -2.44. The smallest absolute Gasteiger partial charge is 0.422 e. The van der Waals surface area contributed by atoms with Gasteiger partial charge in [-0.1, -0.05) is 23.7 Å². The molecule has 0 bridgehead atoms. The molecule has 1 aliphatic carbocycles. The summed E-state index contributed by atoms with van der Waals surface area (Å²) < 4.78 is 43.3. The number of aliphatic imine (C=N–C) groups is 1. The molecule has 1 unspecified atom stereocenters. The van der Waals surface area contributed by atoms with Gasteiger partial charge in [-0.05, 0) is 67.6 Å². The monoisotopic (exact) mass is 619 g/mol. The first kappa shape index (κ1) is 31.3. The molecule has 0 spiro atoms. The van der Waals surface area contributed by atoms with E-state index in [0.717, 1.165) is 24.7 Å². The van der Waals surface area contributed by atoms with Gasteiger partial charge in [0.05, 0.1) is 11.9 Å². The van der Waals surface area contributed by atoms with Gasteiger partial charge < -0.3 is 32.2 Å². The van der Waals surface area contributed by atoms with E-state index in [-0.39, 0.29) is 23.9 Å². The van der Waals surface area contributed by atoms with Crippen LogP contribution in [0.2, 0.25) is 5.02 Å². The molecule has 16 heteroatoms. The van der Waals surface area contributed by atoms with Gasteiger partial charge in [-0.15, -0.1) is 0 Å². The number of carbonyl (C=O) groups is 2. The Kier molecular flexibility index (Phi) is 9.85. The van der Waals surface area contributed by atoms with E-state index in [1.54, 1.807) is 12.1 Å². The first-order chi connectivity index (χ1) is 20.5. The predicted octanol–water partition coefficient (Wildman–Crippen LogP) is 3.66. The van der Waals surface area contributed by atoms with Crippen LogP contribution in [0.15, 0.2) is 53.5 Å². The number of benzene rings is 2. The second-order valence-corrected chi connectivity index (χ2v) is 10.1. The summed E-state index contributed by atoms with van der Waals surface area (Å²) in [5, 5.41) is 9.24. The number of rotatable bonds is 14. The Morgan fingerprint density at radius 1 is 1.07 bits per heavy atom. The molecule has 1 saturated carbocycles. The standard InChI is InChI=1S/C27H29ClF3N9O3/c28-18-7-5-17(6-8-18)26(11-12-26)40-24-37-23(38-25(39-24)43-14-27(29,30)31)35-19-9-3-16(4-10-19)22(42)36-20(21(33)41)2-1-13-34-15-32/h3-10,15,20H,1-2,11-14H2,(H2,32,34)(H2,33,41)(H,36,42)(H2,35,37,38,39,40). The molecule has 1 heterocycles. The van der Waals surface area contributed by atoms with E-state index >= 15 is 0 Å². The third-order valence-corrected chi connectivity index (χ3v) is 6.67. The number of aromatic nitrogens is 3. The van der Waals surface area contributed by atoms with Crippen molar-refractivity contribution in [3.05, 3.63) is 64.7 Å². The van der Waals surface area contributed by atoms with Gasteiger partial charge in [0, 0.05) is 22.8 Å². The van der Waals surface area contributed by atoms with Gasteiger partial charge >= 0.3 is 12.2 Å². The van der Waals surface area contributed by atoms with Crippen molar-refractivity contribution in [2.75, 3.05) is 23.8 Å². The molecule has 228 valence electrons. The van der Waals surface area contributed by atoms with Crippen LogP contribution >= 0.6 is 11.6 Å². The summed E-state index contributed by atoms with van der Waals surface area (Å²) in [6.07, 6.45) is -1.19. The normalized spacial score (nSPS) is 14.6. The second kappa shape index (κ2) is 13.5. The summed E-state index contributed by atoms with van der Waals surface area (Å²) in [5.74, 6) is -1.29. The number of nitrogens with two attached hydrogens (primary N) is 2. The van der Waals surface area contributed by atoms with Crippen molar-refractivity contribution in [2.24, 2.45) is 16.5 Å². The summed E-state index contributed by atoms with van der Waals surface area (Å²) >= 11 is 6.00. The fourth-order valence-electron chi connectivity index (χ4n) is 4.10. The first-order valence-corrected chi connectivity index (χ1v) is 13.5. The van der Waals surface area contributed by atoms with Crippen LogP contribution in [0, 0.1) is 0 Å². The van der Waals surface area contributed by atoms with Crippen molar-refractivity contribution >= 4 is 47.3 Å². The Morgan fingerprint density at radius 3 is 2.35 bits per heavy atom. The third kappa shape index (κ3) is 9.16. The largest absolute Gasteiger partial charge is 0.454 e.